The minimum atomic E-state index is -0.0474. The van der Waals surface area contributed by atoms with Gasteiger partial charge in [0, 0.05) is 0 Å². The second-order valence-corrected chi connectivity index (χ2v) is 5.48. The molecule has 2 rings (SSSR count). The summed E-state index contributed by atoms with van der Waals surface area (Å²) < 4.78 is 15.9. The van der Waals surface area contributed by atoms with Crippen molar-refractivity contribution in [3.05, 3.63) is 48.0 Å². The molecule has 1 unspecified atom stereocenters. The first-order chi connectivity index (χ1) is 10.2. The zero-order chi connectivity index (χ0) is 15.2. The Bertz CT molecular complexity index is 632. The maximum absolute atomic E-state index is 12.6. The van der Waals surface area contributed by atoms with E-state index in [-0.39, 0.29) is 33.0 Å². The van der Waals surface area contributed by atoms with Gasteiger partial charge in [0.2, 0.25) is 0 Å². The molecule has 0 saturated heterocycles. The molecule has 1 atom stereocenters. The van der Waals surface area contributed by atoms with Gasteiger partial charge >= 0.3 is 18.9 Å². The predicted molar refractivity (Wildman–Crippen MR) is 92.0 cm³/mol. The quantitative estimate of drug-likeness (QED) is 0.606. The molecule has 6 heteroatoms. The number of benzene rings is 2. The van der Waals surface area contributed by atoms with E-state index in [4.69, 9.17) is 14.2 Å². The first-order valence-corrected chi connectivity index (χ1v) is 7.36. The van der Waals surface area contributed by atoms with Crippen molar-refractivity contribution in [1.29, 1.82) is 0 Å². The van der Waals surface area contributed by atoms with Crippen LogP contribution < -0.4 is 19.5 Å². The molecular weight excluding hydrogens is 294 g/mol. The summed E-state index contributed by atoms with van der Waals surface area (Å²) in [6.45, 7) is 0. The van der Waals surface area contributed by atoms with E-state index in [2.05, 4.69) is 0 Å². The Hall–Kier alpha value is -1.46. The van der Waals surface area contributed by atoms with Crippen LogP contribution in [0.2, 0.25) is 0 Å². The maximum atomic E-state index is 12.6. The van der Waals surface area contributed by atoms with Crippen molar-refractivity contribution in [2.75, 3.05) is 21.3 Å². The van der Waals surface area contributed by atoms with Crippen LogP contribution in [0.4, 0.5) is 0 Å². The van der Waals surface area contributed by atoms with E-state index in [1.165, 1.54) is 21.3 Å². The molecule has 0 N–H and O–H groups in total. The number of hydrogen-bond donors (Lipinski definition) is 0. The normalized spacial score (nSPS) is 10.1. The monoisotopic (exact) mass is 312 g/mol. The van der Waals surface area contributed by atoms with Gasteiger partial charge in [0.1, 0.15) is 11.3 Å². The van der Waals surface area contributed by atoms with Crippen LogP contribution in [0, 0.1) is 0 Å². The van der Waals surface area contributed by atoms with E-state index < -0.39 is 0 Å². The molecule has 0 aromatic heterocycles. The van der Waals surface area contributed by atoms with E-state index in [0.717, 1.165) is 5.30 Å². The first-order valence-electron chi connectivity index (χ1n) is 6.36. The van der Waals surface area contributed by atoms with Gasteiger partial charge in [0.25, 0.3) is 0 Å². The number of carbonyl (C=O) groups is 1. The molecule has 0 heterocycles. The molecular formula is C16H18LiO4P. The number of ether oxygens (including phenoxy) is 3. The van der Waals surface area contributed by atoms with Crippen molar-refractivity contribution in [2.24, 2.45) is 0 Å². The summed E-state index contributed by atoms with van der Waals surface area (Å²) in [4.78, 5) is 12.6. The molecule has 0 saturated carbocycles. The summed E-state index contributed by atoms with van der Waals surface area (Å²) in [6.07, 6.45) is 0. The average molecular weight is 312 g/mol. The molecule has 0 radical (unpaired) electrons. The molecule has 22 heavy (non-hydrogen) atoms. The fraction of sp³-hybridized carbons (Fsp3) is 0.188. The van der Waals surface area contributed by atoms with Gasteiger partial charge in [0.05, 0.1) is 21.3 Å². The summed E-state index contributed by atoms with van der Waals surface area (Å²) in [5, 5.41) is 0.967. The van der Waals surface area contributed by atoms with Gasteiger partial charge in [-0.15, -0.1) is 0 Å². The van der Waals surface area contributed by atoms with Crippen molar-refractivity contribution in [1.82, 2.24) is 0 Å². The number of hydrogen-bond acceptors (Lipinski definition) is 4. The Labute approximate surface area is 144 Å². The molecule has 4 nitrogen and oxygen atoms in total. The molecule has 0 fully saturated rings. The Morgan fingerprint density at radius 1 is 0.864 bits per heavy atom. The second-order valence-electron chi connectivity index (χ2n) is 4.20. The third kappa shape index (κ3) is 4.05. The molecule has 2 aromatic carbocycles. The Balaban J connectivity index is 0.00000242. The van der Waals surface area contributed by atoms with Crippen molar-refractivity contribution in [3.8, 4) is 17.2 Å². The van der Waals surface area contributed by atoms with Gasteiger partial charge in [-0.1, -0.05) is 30.3 Å². The zero-order valence-corrected chi connectivity index (χ0v) is 13.2. The SMILES string of the molecule is COc1ccc(OC)c(C(=O)Pc2ccccc2)c1OC.[LiH]. The van der Waals surface area contributed by atoms with Crippen LogP contribution in [0.5, 0.6) is 17.2 Å². The van der Waals surface area contributed by atoms with E-state index in [1.807, 2.05) is 30.3 Å². The van der Waals surface area contributed by atoms with Crippen LogP contribution in [0.3, 0.4) is 0 Å². The zero-order valence-electron chi connectivity index (χ0n) is 12.2. The van der Waals surface area contributed by atoms with Crippen molar-refractivity contribution >= 4 is 38.3 Å². The van der Waals surface area contributed by atoms with Gasteiger partial charge in [-0.25, -0.2) is 0 Å². The van der Waals surface area contributed by atoms with Crippen LogP contribution in [0.15, 0.2) is 42.5 Å². The molecule has 112 valence electrons. The van der Waals surface area contributed by atoms with Crippen LogP contribution in [0.1, 0.15) is 10.4 Å². The van der Waals surface area contributed by atoms with Crippen molar-refractivity contribution in [2.45, 2.75) is 0 Å². The number of carbonyl (C=O) groups excluding carboxylic acids is 1. The van der Waals surface area contributed by atoms with Crippen LogP contribution in [-0.4, -0.2) is 45.7 Å². The average Bonchev–Trinajstić information content (AvgIpc) is 2.54. The summed E-state index contributed by atoms with van der Waals surface area (Å²) in [5.41, 5.74) is 0.371. The Kier molecular flexibility index (Phi) is 7.48. The molecule has 2 aromatic rings. The van der Waals surface area contributed by atoms with Gasteiger partial charge < -0.3 is 14.2 Å². The fourth-order valence-electron chi connectivity index (χ4n) is 2.01. The van der Waals surface area contributed by atoms with E-state index in [0.29, 0.717) is 22.8 Å². The van der Waals surface area contributed by atoms with E-state index >= 15 is 0 Å². The number of methoxy groups -OCH3 is 3. The van der Waals surface area contributed by atoms with E-state index in [1.54, 1.807) is 12.1 Å². The third-order valence-electron chi connectivity index (χ3n) is 2.99. The van der Waals surface area contributed by atoms with Crippen molar-refractivity contribution in [3.63, 3.8) is 0 Å². The summed E-state index contributed by atoms with van der Waals surface area (Å²) in [5.74, 6) is 1.41. The summed E-state index contributed by atoms with van der Waals surface area (Å²) >= 11 is 0. The van der Waals surface area contributed by atoms with Gasteiger partial charge in [-0.2, -0.15) is 0 Å². The third-order valence-corrected chi connectivity index (χ3v) is 4.09. The van der Waals surface area contributed by atoms with Crippen molar-refractivity contribution < 1.29 is 19.0 Å². The molecule has 0 bridgehead atoms. The Morgan fingerprint density at radius 2 is 1.45 bits per heavy atom. The predicted octanol–water partition coefficient (Wildman–Crippen LogP) is 2.21. The van der Waals surface area contributed by atoms with Gasteiger partial charge in [-0.3, -0.25) is 4.79 Å². The van der Waals surface area contributed by atoms with Gasteiger partial charge in [0.15, 0.2) is 17.0 Å². The topological polar surface area (TPSA) is 44.8 Å². The summed E-state index contributed by atoms with van der Waals surface area (Å²) in [7, 11) is 4.58. The fourth-order valence-corrected chi connectivity index (χ4v) is 2.99. The minimum absolute atomic E-state index is 0. The Morgan fingerprint density at radius 3 is 2.00 bits per heavy atom. The van der Waals surface area contributed by atoms with Crippen LogP contribution >= 0.6 is 8.58 Å². The molecule has 0 aliphatic heterocycles. The van der Waals surface area contributed by atoms with Crippen LogP contribution in [-0.2, 0) is 0 Å². The van der Waals surface area contributed by atoms with E-state index in [9.17, 15) is 4.79 Å². The van der Waals surface area contributed by atoms with Crippen LogP contribution in [0.25, 0.3) is 0 Å². The molecule has 0 spiro atoms. The second kappa shape index (κ2) is 8.85. The standard InChI is InChI=1S/C16H17O4P.Li.H/c1-18-12-9-10-13(19-2)15(20-3)14(12)16(17)21-11-7-5-4-6-8-11;;/h4-10,21H,1-3H3;;. The molecule has 0 aliphatic rings. The van der Waals surface area contributed by atoms with Gasteiger partial charge in [-0.05, 0) is 26.0 Å². The molecule has 0 aliphatic carbocycles. The summed E-state index contributed by atoms with van der Waals surface area (Å²) in [6, 6.07) is 13.0. The molecule has 0 amide bonds. The number of rotatable bonds is 6. The first kappa shape index (κ1) is 18.6.